The molecule has 0 bridgehead atoms. The van der Waals surface area contributed by atoms with Crippen molar-refractivity contribution in [2.24, 2.45) is 0 Å². The van der Waals surface area contributed by atoms with Gasteiger partial charge in [-0.25, -0.2) is 0 Å². The number of carbonyl (C=O) groups is 2. The van der Waals surface area contributed by atoms with Gasteiger partial charge in [-0.1, -0.05) is 16.8 Å². The standard InChI is InChI=1S/C20H16ClN3O5/c21-14-10-13(2-4-16(14)25)20-22-19(23-29-20)12-1-3-15-11(9-12)7-8-24(15)17(26)5-6-18(27)28/h1-4,9-10,25H,5-8H2,(H,27,28). The number of halogens is 1. The number of nitrogens with zero attached hydrogens (tertiary/aromatic N) is 3. The number of aliphatic carboxylic acids is 1. The minimum Gasteiger partial charge on any atom is -0.506 e. The summed E-state index contributed by atoms with van der Waals surface area (Å²) < 4.78 is 5.31. The van der Waals surface area contributed by atoms with Crippen LogP contribution in [-0.4, -0.2) is 38.8 Å². The number of hydrogen-bond donors (Lipinski definition) is 2. The predicted octanol–water partition coefficient (Wildman–Crippen LogP) is 3.52. The Morgan fingerprint density at radius 1 is 1.14 bits per heavy atom. The number of anilines is 1. The molecule has 0 atom stereocenters. The summed E-state index contributed by atoms with van der Waals surface area (Å²) in [6, 6.07) is 10.1. The number of hydrogen-bond acceptors (Lipinski definition) is 6. The van der Waals surface area contributed by atoms with E-state index in [1.165, 1.54) is 12.1 Å². The minimum atomic E-state index is -0.990. The quantitative estimate of drug-likeness (QED) is 0.657. The van der Waals surface area contributed by atoms with Gasteiger partial charge < -0.3 is 19.6 Å². The third-order valence-corrected chi connectivity index (χ3v) is 5.01. The van der Waals surface area contributed by atoms with Gasteiger partial charge in [0.2, 0.25) is 11.7 Å². The van der Waals surface area contributed by atoms with E-state index in [0.29, 0.717) is 24.4 Å². The van der Waals surface area contributed by atoms with Crippen LogP contribution in [0.5, 0.6) is 5.75 Å². The average Bonchev–Trinajstić information content (AvgIpc) is 3.35. The van der Waals surface area contributed by atoms with Crippen LogP contribution in [0.3, 0.4) is 0 Å². The number of phenolic OH excluding ortho intramolecular Hbond substituents is 1. The Morgan fingerprint density at radius 2 is 1.93 bits per heavy atom. The van der Waals surface area contributed by atoms with Crippen LogP contribution < -0.4 is 4.90 Å². The lowest BCUT2D eigenvalue weighted by atomic mass is 10.1. The molecule has 0 unspecified atom stereocenters. The van der Waals surface area contributed by atoms with E-state index in [1.807, 2.05) is 12.1 Å². The molecule has 29 heavy (non-hydrogen) atoms. The van der Waals surface area contributed by atoms with E-state index in [9.17, 15) is 14.7 Å². The van der Waals surface area contributed by atoms with Crippen molar-refractivity contribution in [3.8, 4) is 28.6 Å². The zero-order chi connectivity index (χ0) is 20.5. The lowest BCUT2D eigenvalue weighted by molar-refractivity contribution is -0.138. The monoisotopic (exact) mass is 413 g/mol. The molecule has 0 saturated carbocycles. The zero-order valence-corrected chi connectivity index (χ0v) is 15.9. The number of fused-ring (bicyclic) bond motifs is 1. The minimum absolute atomic E-state index is 0.0279. The van der Waals surface area contributed by atoms with Crippen molar-refractivity contribution in [1.82, 2.24) is 10.1 Å². The van der Waals surface area contributed by atoms with E-state index < -0.39 is 5.97 Å². The van der Waals surface area contributed by atoms with E-state index in [0.717, 1.165) is 16.8 Å². The summed E-state index contributed by atoms with van der Waals surface area (Å²) in [6.07, 6.45) is 0.454. The van der Waals surface area contributed by atoms with Crippen molar-refractivity contribution in [3.63, 3.8) is 0 Å². The van der Waals surface area contributed by atoms with Gasteiger partial charge in [-0.2, -0.15) is 4.98 Å². The van der Waals surface area contributed by atoms with E-state index in [1.54, 1.807) is 17.0 Å². The summed E-state index contributed by atoms with van der Waals surface area (Å²) in [7, 11) is 0. The Kier molecular flexibility index (Phi) is 4.94. The Balaban J connectivity index is 1.56. The molecule has 0 radical (unpaired) electrons. The molecular weight excluding hydrogens is 398 g/mol. The summed E-state index contributed by atoms with van der Waals surface area (Å²) in [6.45, 7) is 0.515. The van der Waals surface area contributed by atoms with Crippen LogP contribution in [0.25, 0.3) is 22.8 Å². The molecule has 1 aliphatic rings. The van der Waals surface area contributed by atoms with E-state index in [-0.39, 0.29) is 35.4 Å². The van der Waals surface area contributed by atoms with Crippen LogP contribution in [0.4, 0.5) is 5.69 Å². The molecule has 0 spiro atoms. The molecule has 1 aromatic heterocycles. The first kappa shape index (κ1) is 18.9. The molecule has 8 nitrogen and oxygen atoms in total. The maximum absolute atomic E-state index is 12.3. The Morgan fingerprint density at radius 3 is 2.69 bits per heavy atom. The number of benzene rings is 2. The Bertz CT molecular complexity index is 1110. The first-order valence-electron chi connectivity index (χ1n) is 8.90. The molecule has 4 rings (SSSR count). The second kappa shape index (κ2) is 7.56. The number of amides is 1. The third-order valence-electron chi connectivity index (χ3n) is 4.71. The largest absolute Gasteiger partial charge is 0.506 e. The molecule has 2 aromatic carbocycles. The van der Waals surface area contributed by atoms with Crippen molar-refractivity contribution in [1.29, 1.82) is 0 Å². The highest BCUT2D eigenvalue weighted by molar-refractivity contribution is 6.32. The van der Waals surface area contributed by atoms with Crippen LogP contribution >= 0.6 is 11.6 Å². The molecule has 1 amide bonds. The zero-order valence-electron chi connectivity index (χ0n) is 15.1. The fourth-order valence-electron chi connectivity index (χ4n) is 3.25. The second-order valence-electron chi connectivity index (χ2n) is 6.62. The number of phenols is 1. The molecule has 1 aliphatic heterocycles. The van der Waals surface area contributed by atoms with Crippen LogP contribution in [0.2, 0.25) is 5.02 Å². The number of rotatable bonds is 5. The highest BCUT2D eigenvalue weighted by atomic mass is 35.5. The van der Waals surface area contributed by atoms with Crippen molar-refractivity contribution < 1.29 is 24.3 Å². The van der Waals surface area contributed by atoms with Crippen LogP contribution in [-0.2, 0) is 16.0 Å². The summed E-state index contributed by atoms with van der Waals surface area (Å²) in [4.78, 5) is 29.0. The van der Waals surface area contributed by atoms with Crippen molar-refractivity contribution >= 4 is 29.2 Å². The number of carboxylic acids is 1. The first-order chi connectivity index (χ1) is 13.9. The molecule has 3 aromatic rings. The van der Waals surface area contributed by atoms with Gasteiger partial charge in [-0.05, 0) is 48.4 Å². The predicted molar refractivity (Wildman–Crippen MR) is 105 cm³/mol. The molecule has 0 aliphatic carbocycles. The van der Waals surface area contributed by atoms with E-state index >= 15 is 0 Å². The van der Waals surface area contributed by atoms with Gasteiger partial charge in [0.15, 0.2) is 0 Å². The Hall–Kier alpha value is -3.39. The van der Waals surface area contributed by atoms with Gasteiger partial charge in [-0.15, -0.1) is 0 Å². The lowest BCUT2D eigenvalue weighted by Gasteiger charge is -2.16. The lowest BCUT2D eigenvalue weighted by Crippen LogP contribution is -2.29. The van der Waals surface area contributed by atoms with Crippen LogP contribution in [0.15, 0.2) is 40.9 Å². The van der Waals surface area contributed by atoms with Gasteiger partial charge in [0.25, 0.3) is 5.89 Å². The number of aromatic hydroxyl groups is 1. The van der Waals surface area contributed by atoms with Crippen LogP contribution in [0.1, 0.15) is 18.4 Å². The third kappa shape index (κ3) is 3.79. The summed E-state index contributed by atoms with van der Waals surface area (Å²) in [5.41, 5.74) is 3.06. The summed E-state index contributed by atoms with van der Waals surface area (Å²) >= 11 is 5.93. The fraction of sp³-hybridized carbons (Fsp3) is 0.200. The molecule has 0 fully saturated rings. The maximum atomic E-state index is 12.3. The van der Waals surface area contributed by atoms with Gasteiger partial charge in [0.1, 0.15) is 5.75 Å². The summed E-state index contributed by atoms with van der Waals surface area (Å²) in [5, 5.41) is 22.5. The van der Waals surface area contributed by atoms with Crippen molar-refractivity contribution in [2.45, 2.75) is 19.3 Å². The molecule has 2 heterocycles. The maximum Gasteiger partial charge on any atom is 0.303 e. The van der Waals surface area contributed by atoms with Gasteiger partial charge in [0, 0.05) is 29.8 Å². The number of aromatic nitrogens is 2. The number of carbonyl (C=O) groups excluding carboxylic acids is 1. The molecule has 2 N–H and O–H groups in total. The molecule has 0 saturated heterocycles. The normalized spacial score (nSPS) is 12.8. The van der Waals surface area contributed by atoms with Gasteiger partial charge in [0.05, 0.1) is 11.4 Å². The SMILES string of the molecule is O=C(O)CCC(=O)N1CCc2cc(-c3noc(-c4ccc(O)c(Cl)c4)n3)ccc21. The van der Waals surface area contributed by atoms with E-state index in [4.69, 9.17) is 21.2 Å². The van der Waals surface area contributed by atoms with Gasteiger partial charge >= 0.3 is 5.97 Å². The second-order valence-corrected chi connectivity index (χ2v) is 7.03. The first-order valence-corrected chi connectivity index (χ1v) is 9.28. The molecular formula is C20H16ClN3O5. The number of carboxylic acid groups (broad SMARTS) is 1. The van der Waals surface area contributed by atoms with Gasteiger partial charge in [-0.3, -0.25) is 9.59 Å². The Labute approximate surface area is 170 Å². The smallest absolute Gasteiger partial charge is 0.303 e. The topological polar surface area (TPSA) is 117 Å². The fourth-order valence-corrected chi connectivity index (χ4v) is 3.43. The summed E-state index contributed by atoms with van der Waals surface area (Å²) in [5.74, 6) is -0.562. The van der Waals surface area contributed by atoms with E-state index in [2.05, 4.69) is 10.1 Å². The average molecular weight is 414 g/mol. The highest BCUT2D eigenvalue weighted by Crippen LogP contribution is 2.33. The van der Waals surface area contributed by atoms with Crippen LogP contribution in [0, 0.1) is 0 Å². The van der Waals surface area contributed by atoms with Crippen molar-refractivity contribution in [2.75, 3.05) is 11.4 Å². The molecule has 9 heteroatoms. The van der Waals surface area contributed by atoms with Crippen molar-refractivity contribution in [3.05, 3.63) is 47.0 Å². The highest BCUT2D eigenvalue weighted by Gasteiger charge is 2.25. The molecule has 148 valence electrons.